The molecule has 0 saturated carbocycles. The summed E-state index contributed by atoms with van der Waals surface area (Å²) >= 11 is 0. The van der Waals surface area contributed by atoms with Gasteiger partial charge < -0.3 is 20.5 Å². The third-order valence-corrected chi connectivity index (χ3v) is 4.21. The Morgan fingerprint density at radius 1 is 1.37 bits per heavy atom. The van der Waals surface area contributed by atoms with Crippen LogP contribution >= 0.6 is 12.4 Å². The number of hydrogen-bond donors (Lipinski definition) is 3. The van der Waals surface area contributed by atoms with Crippen LogP contribution in [0.2, 0.25) is 0 Å². The van der Waals surface area contributed by atoms with E-state index < -0.39 is 47.2 Å². The molecule has 1 aliphatic heterocycles. The molecule has 27 heavy (non-hydrogen) atoms. The van der Waals surface area contributed by atoms with Crippen LogP contribution in [0.3, 0.4) is 0 Å². The van der Waals surface area contributed by atoms with E-state index in [2.05, 4.69) is 10.6 Å². The van der Waals surface area contributed by atoms with Crippen molar-refractivity contribution >= 4 is 24.3 Å². The van der Waals surface area contributed by atoms with Gasteiger partial charge in [-0.15, -0.1) is 12.4 Å². The zero-order valence-electron chi connectivity index (χ0n) is 14.6. The molecule has 1 fully saturated rings. The number of carbonyl (C=O) groups is 2. The molecule has 1 heterocycles. The van der Waals surface area contributed by atoms with Crippen LogP contribution in [0, 0.1) is 5.92 Å². The number of rotatable bonds is 5. The molecule has 0 bridgehead atoms. The van der Waals surface area contributed by atoms with Gasteiger partial charge in [-0.05, 0) is 26.0 Å². The molecule has 0 aliphatic carbocycles. The van der Waals surface area contributed by atoms with Gasteiger partial charge in [-0.3, -0.25) is 9.59 Å². The van der Waals surface area contributed by atoms with Crippen molar-refractivity contribution in [2.75, 3.05) is 19.7 Å². The van der Waals surface area contributed by atoms with Crippen molar-refractivity contribution in [3.63, 3.8) is 0 Å². The number of ether oxygens (including phenoxy) is 1. The summed E-state index contributed by atoms with van der Waals surface area (Å²) in [5, 5.41) is 15.6. The zero-order chi connectivity index (χ0) is 19.3. The summed E-state index contributed by atoms with van der Waals surface area (Å²) in [5.41, 5.74) is -1.60. The van der Waals surface area contributed by atoms with Gasteiger partial charge in [0.2, 0.25) is 0 Å². The number of halogens is 4. The number of carbonyl (C=O) groups excluding carboxylic acids is 2. The van der Waals surface area contributed by atoms with Crippen LogP contribution < -0.4 is 10.6 Å². The fourth-order valence-electron chi connectivity index (χ4n) is 2.92. The van der Waals surface area contributed by atoms with Crippen LogP contribution in [0.25, 0.3) is 0 Å². The maximum atomic E-state index is 13.1. The minimum Gasteiger partial charge on any atom is -0.466 e. The number of alkyl halides is 3. The van der Waals surface area contributed by atoms with Gasteiger partial charge in [-0.25, -0.2) is 0 Å². The van der Waals surface area contributed by atoms with Crippen molar-refractivity contribution in [3.05, 3.63) is 35.4 Å². The van der Waals surface area contributed by atoms with Gasteiger partial charge in [0.05, 0.1) is 18.1 Å². The molecule has 3 N–H and O–H groups in total. The Kier molecular flexibility index (Phi) is 8.52. The first-order chi connectivity index (χ1) is 12.3. The zero-order valence-corrected chi connectivity index (χ0v) is 15.4. The number of amides is 1. The van der Waals surface area contributed by atoms with E-state index in [4.69, 9.17) is 4.74 Å². The Bertz CT molecular complexity index is 657. The third kappa shape index (κ3) is 5.82. The molecule has 1 amide bonds. The maximum absolute atomic E-state index is 13.1. The summed E-state index contributed by atoms with van der Waals surface area (Å²) in [7, 11) is 0. The van der Waals surface area contributed by atoms with Crippen LogP contribution in [0.4, 0.5) is 13.2 Å². The van der Waals surface area contributed by atoms with Crippen molar-refractivity contribution in [3.8, 4) is 0 Å². The Labute approximate surface area is 160 Å². The molecule has 152 valence electrons. The lowest BCUT2D eigenvalue weighted by molar-refractivity contribution is -0.150. The molecule has 1 aliphatic rings. The van der Waals surface area contributed by atoms with Gasteiger partial charge in [0.1, 0.15) is 0 Å². The highest BCUT2D eigenvalue weighted by Gasteiger charge is 2.38. The molecule has 1 saturated heterocycles. The summed E-state index contributed by atoms with van der Waals surface area (Å²) in [6.07, 6.45) is -6.30. The molecule has 0 aromatic heterocycles. The SMILES string of the molecule is CCOC(=O)[C@@H]1CNCC[C@@H]1NC(=O)C(O)c1ccccc1C(F)(F)F.Cl. The van der Waals surface area contributed by atoms with Gasteiger partial charge in [-0.1, -0.05) is 18.2 Å². The Morgan fingerprint density at radius 3 is 2.67 bits per heavy atom. The van der Waals surface area contributed by atoms with Crippen molar-refractivity contribution in [2.45, 2.75) is 31.7 Å². The molecule has 1 aromatic rings. The lowest BCUT2D eigenvalue weighted by Crippen LogP contribution is -2.53. The second-order valence-electron chi connectivity index (χ2n) is 5.95. The number of esters is 1. The van der Waals surface area contributed by atoms with E-state index in [0.717, 1.165) is 12.1 Å². The number of piperidine rings is 1. The largest absolute Gasteiger partial charge is 0.466 e. The lowest BCUT2D eigenvalue weighted by atomic mass is 9.92. The second kappa shape index (κ2) is 9.91. The Balaban J connectivity index is 0.00000364. The first-order valence-electron chi connectivity index (χ1n) is 8.27. The highest BCUT2D eigenvalue weighted by atomic mass is 35.5. The molecular weight excluding hydrogens is 389 g/mol. The summed E-state index contributed by atoms with van der Waals surface area (Å²) in [4.78, 5) is 24.3. The summed E-state index contributed by atoms with van der Waals surface area (Å²) in [6, 6.07) is 3.72. The highest BCUT2D eigenvalue weighted by Crippen LogP contribution is 2.34. The molecule has 0 spiro atoms. The number of aliphatic hydroxyl groups is 1. The van der Waals surface area contributed by atoms with E-state index in [0.29, 0.717) is 13.0 Å². The van der Waals surface area contributed by atoms with Crippen molar-refractivity contribution in [1.82, 2.24) is 10.6 Å². The monoisotopic (exact) mass is 410 g/mol. The molecule has 3 atom stereocenters. The molecule has 0 radical (unpaired) electrons. The number of aliphatic hydroxyl groups excluding tert-OH is 1. The van der Waals surface area contributed by atoms with Crippen molar-refractivity contribution in [1.29, 1.82) is 0 Å². The fourth-order valence-corrected chi connectivity index (χ4v) is 2.92. The third-order valence-electron chi connectivity index (χ3n) is 4.21. The van der Waals surface area contributed by atoms with Gasteiger partial charge in [0.25, 0.3) is 5.91 Å². The standard InChI is InChI=1S/C17H21F3N2O4.ClH/c1-2-26-16(25)11-9-21-8-7-13(11)22-15(24)14(23)10-5-3-4-6-12(10)17(18,19)20;/h3-6,11,13-14,21,23H,2,7-9H2,1H3,(H,22,24);1H/t11-,13+,14?;/m1./s1. The van der Waals surface area contributed by atoms with Gasteiger partial charge in [0, 0.05) is 18.2 Å². The van der Waals surface area contributed by atoms with Crippen LogP contribution in [0.15, 0.2) is 24.3 Å². The Hall–Kier alpha value is -1.84. The lowest BCUT2D eigenvalue weighted by Gasteiger charge is -2.31. The van der Waals surface area contributed by atoms with Crippen molar-refractivity contribution < 1.29 is 32.6 Å². The highest BCUT2D eigenvalue weighted by molar-refractivity contribution is 5.85. The van der Waals surface area contributed by atoms with Crippen LogP contribution in [-0.2, 0) is 20.5 Å². The van der Waals surface area contributed by atoms with Gasteiger partial charge in [-0.2, -0.15) is 13.2 Å². The predicted molar refractivity (Wildman–Crippen MR) is 93.2 cm³/mol. The summed E-state index contributed by atoms with van der Waals surface area (Å²) in [6.45, 7) is 2.63. The summed E-state index contributed by atoms with van der Waals surface area (Å²) in [5.74, 6) is -2.16. The van der Waals surface area contributed by atoms with E-state index in [1.165, 1.54) is 12.1 Å². The number of nitrogens with one attached hydrogen (secondary N) is 2. The molecule has 1 aromatic carbocycles. The average Bonchev–Trinajstić information content (AvgIpc) is 2.61. The predicted octanol–water partition coefficient (Wildman–Crippen LogP) is 1.82. The quantitative estimate of drug-likeness (QED) is 0.644. The van der Waals surface area contributed by atoms with E-state index >= 15 is 0 Å². The fraction of sp³-hybridized carbons (Fsp3) is 0.529. The van der Waals surface area contributed by atoms with Crippen LogP contribution in [-0.4, -0.2) is 42.7 Å². The first kappa shape index (κ1) is 23.2. The topological polar surface area (TPSA) is 87.7 Å². The number of hydrogen-bond acceptors (Lipinski definition) is 5. The van der Waals surface area contributed by atoms with Crippen LogP contribution in [0.5, 0.6) is 0 Å². The van der Waals surface area contributed by atoms with Crippen LogP contribution in [0.1, 0.15) is 30.6 Å². The maximum Gasteiger partial charge on any atom is 0.416 e. The minimum absolute atomic E-state index is 0. The molecule has 6 nitrogen and oxygen atoms in total. The van der Waals surface area contributed by atoms with E-state index in [1.54, 1.807) is 6.92 Å². The van der Waals surface area contributed by atoms with Gasteiger partial charge in [0.15, 0.2) is 6.10 Å². The Morgan fingerprint density at radius 2 is 2.04 bits per heavy atom. The average molecular weight is 411 g/mol. The van der Waals surface area contributed by atoms with Crippen molar-refractivity contribution in [2.24, 2.45) is 5.92 Å². The second-order valence-corrected chi connectivity index (χ2v) is 5.95. The molecule has 2 rings (SSSR count). The molecule has 1 unspecified atom stereocenters. The smallest absolute Gasteiger partial charge is 0.416 e. The van der Waals surface area contributed by atoms with E-state index in [9.17, 15) is 27.9 Å². The summed E-state index contributed by atoms with van der Waals surface area (Å²) < 4.78 is 44.2. The van der Waals surface area contributed by atoms with E-state index in [-0.39, 0.29) is 25.6 Å². The normalized spacial score (nSPS) is 20.9. The van der Waals surface area contributed by atoms with E-state index in [1.807, 2.05) is 0 Å². The molecular formula is C17H22ClF3N2O4. The number of benzene rings is 1. The minimum atomic E-state index is -4.69. The molecule has 10 heteroatoms. The first-order valence-corrected chi connectivity index (χ1v) is 8.27. The van der Waals surface area contributed by atoms with Gasteiger partial charge >= 0.3 is 12.1 Å².